The predicted molar refractivity (Wildman–Crippen MR) is 197 cm³/mol. The van der Waals surface area contributed by atoms with Gasteiger partial charge in [-0.1, -0.05) is 75.6 Å². The molecule has 1 saturated carbocycles. The van der Waals surface area contributed by atoms with E-state index in [4.69, 9.17) is 24.4 Å². The van der Waals surface area contributed by atoms with E-state index in [2.05, 4.69) is 81.2 Å². The van der Waals surface area contributed by atoms with Gasteiger partial charge < -0.3 is 25.1 Å². The number of likely N-dealkylation sites (tertiary alicyclic amines) is 1. The summed E-state index contributed by atoms with van der Waals surface area (Å²) < 4.78 is 0. The molecule has 4 aliphatic rings. The van der Waals surface area contributed by atoms with Crippen molar-refractivity contribution in [2.24, 2.45) is 11.8 Å². The van der Waals surface area contributed by atoms with Gasteiger partial charge in [0.05, 0.1) is 6.04 Å². The van der Waals surface area contributed by atoms with E-state index in [-0.39, 0.29) is 0 Å². The molecule has 2 aromatic rings. The van der Waals surface area contributed by atoms with Crippen LogP contribution in [-0.2, 0) is 12.8 Å². The Bertz CT molecular complexity index is 1280. The zero-order chi connectivity index (χ0) is 32.0. The maximum Gasteiger partial charge on any atom is 0.172 e. The summed E-state index contributed by atoms with van der Waals surface area (Å²) in [5.74, 6) is 1.71. The maximum atomic E-state index is 9.94. The van der Waals surface area contributed by atoms with Crippen LogP contribution in [0.25, 0.3) is 0 Å². The smallest absolute Gasteiger partial charge is 0.172 e. The normalized spacial score (nSPS) is 25.2. The fourth-order valence-electron chi connectivity index (χ4n) is 8.55. The second-order valence-corrected chi connectivity index (χ2v) is 15.6. The molecule has 4 fully saturated rings. The van der Waals surface area contributed by atoms with Crippen LogP contribution in [0.5, 0.6) is 5.75 Å². The molecule has 3 heterocycles. The van der Waals surface area contributed by atoms with Crippen LogP contribution in [0.15, 0.2) is 54.6 Å². The molecular formula is C38H55N5OS2. The third kappa shape index (κ3) is 8.35. The largest absolute Gasteiger partial charge is 0.508 e. The molecule has 0 spiro atoms. The van der Waals surface area contributed by atoms with E-state index >= 15 is 0 Å². The van der Waals surface area contributed by atoms with Crippen LogP contribution in [0.2, 0.25) is 0 Å². The number of rotatable bonds is 13. The van der Waals surface area contributed by atoms with E-state index in [1.54, 1.807) is 0 Å². The van der Waals surface area contributed by atoms with Crippen LogP contribution >= 0.6 is 24.4 Å². The topological polar surface area (TPSA) is 45.2 Å². The Morgan fingerprint density at radius 2 is 1.59 bits per heavy atom. The van der Waals surface area contributed by atoms with Gasteiger partial charge in [-0.2, -0.15) is 0 Å². The van der Waals surface area contributed by atoms with Gasteiger partial charge in [0.2, 0.25) is 0 Å². The van der Waals surface area contributed by atoms with E-state index in [9.17, 15) is 5.11 Å². The van der Waals surface area contributed by atoms with Crippen LogP contribution in [-0.4, -0.2) is 98.4 Å². The average molecular weight is 662 g/mol. The number of nitrogens with one attached hydrogen (secondary N) is 1. The second-order valence-electron chi connectivity index (χ2n) is 14.9. The van der Waals surface area contributed by atoms with Crippen molar-refractivity contribution < 1.29 is 5.11 Å². The number of aromatic hydroxyl groups is 1. The number of thiocarbonyl (C=S) groups is 2. The molecule has 46 heavy (non-hydrogen) atoms. The van der Waals surface area contributed by atoms with Gasteiger partial charge in [0, 0.05) is 50.8 Å². The van der Waals surface area contributed by atoms with Crippen molar-refractivity contribution in [2.45, 2.75) is 102 Å². The maximum absolute atomic E-state index is 9.94. The Balaban J connectivity index is 1.22. The summed E-state index contributed by atoms with van der Waals surface area (Å²) in [6.07, 6.45) is 12.3. The second kappa shape index (κ2) is 15.7. The van der Waals surface area contributed by atoms with E-state index in [1.165, 1.54) is 62.5 Å². The molecule has 1 aliphatic carbocycles. The first-order chi connectivity index (χ1) is 22.3. The Morgan fingerprint density at radius 3 is 2.33 bits per heavy atom. The van der Waals surface area contributed by atoms with E-state index in [1.807, 2.05) is 12.1 Å². The molecule has 0 aromatic heterocycles. The summed E-state index contributed by atoms with van der Waals surface area (Å²) in [5.41, 5.74) is 2.65. The lowest BCUT2D eigenvalue weighted by Gasteiger charge is -2.38. The molecule has 250 valence electrons. The van der Waals surface area contributed by atoms with E-state index in [0.29, 0.717) is 35.8 Å². The van der Waals surface area contributed by atoms with Crippen molar-refractivity contribution in [1.29, 1.82) is 0 Å². The SMILES string of the molecule is CC(C)C[C@H]1CNC(=S)N1CC1CCCN1C[C@H](Cc1ccccc1)N1C[C@H](Cc2ccc(O)cc2)N(CC2CCCCC2)C1=S. The summed E-state index contributed by atoms with van der Waals surface area (Å²) in [5, 5.41) is 15.4. The van der Waals surface area contributed by atoms with Crippen molar-refractivity contribution in [3.63, 3.8) is 0 Å². The summed E-state index contributed by atoms with van der Waals surface area (Å²) in [6, 6.07) is 20.5. The fraction of sp³-hybridized carbons (Fsp3) is 0.632. The molecule has 0 amide bonds. The minimum absolute atomic E-state index is 0.310. The fourth-order valence-corrected chi connectivity index (χ4v) is 9.31. The standard InChI is InChI=1S/C38H55N5OS2/c1-28(2)20-33-23-39-37(45)41(33)26-32-14-9-19-40(32)25-34(21-29-10-5-3-6-11-29)43-27-35(22-30-15-17-36(44)18-16-30)42(38(43)46)24-31-12-7-4-8-13-31/h3,5-6,10-11,15-18,28,31-35,44H,4,7-9,12-14,19-27H2,1-2H3,(H,39,45)/t32?,33-,34-,35-/m0/s1. The minimum atomic E-state index is 0.310. The van der Waals surface area contributed by atoms with Gasteiger partial charge in [0.1, 0.15) is 5.75 Å². The molecule has 1 unspecified atom stereocenters. The summed E-state index contributed by atoms with van der Waals surface area (Å²) >= 11 is 12.3. The van der Waals surface area contributed by atoms with Gasteiger partial charge in [0.25, 0.3) is 0 Å². The first-order valence-corrected chi connectivity index (χ1v) is 18.8. The number of nitrogens with zero attached hydrogens (tertiary/aromatic N) is 4. The quantitative estimate of drug-likeness (QED) is 0.237. The molecule has 6 rings (SSSR count). The molecule has 0 bridgehead atoms. The van der Waals surface area contributed by atoms with Crippen molar-refractivity contribution in [2.75, 3.05) is 39.3 Å². The lowest BCUT2D eigenvalue weighted by atomic mass is 9.88. The highest BCUT2D eigenvalue weighted by molar-refractivity contribution is 7.80. The molecule has 4 atom stereocenters. The lowest BCUT2D eigenvalue weighted by Crippen LogP contribution is -2.51. The average Bonchev–Trinajstić information content (AvgIpc) is 3.73. The Hall–Kier alpha value is -2.42. The third-order valence-corrected chi connectivity index (χ3v) is 11.8. The van der Waals surface area contributed by atoms with Crippen LogP contribution in [0.4, 0.5) is 0 Å². The Labute approximate surface area is 288 Å². The highest BCUT2D eigenvalue weighted by Gasteiger charge is 2.41. The number of hydrogen-bond acceptors (Lipinski definition) is 4. The number of phenols is 1. The highest BCUT2D eigenvalue weighted by Crippen LogP contribution is 2.32. The molecule has 2 N–H and O–H groups in total. The van der Waals surface area contributed by atoms with Crippen LogP contribution in [0.1, 0.15) is 76.3 Å². The van der Waals surface area contributed by atoms with Crippen molar-refractivity contribution in [3.05, 3.63) is 65.7 Å². The molecule has 0 radical (unpaired) electrons. The molecule has 6 nitrogen and oxygen atoms in total. The molecule has 2 aromatic carbocycles. The van der Waals surface area contributed by atoms with Gasteiger partial charge in [0.15, 0.2) is 10.2 Å². The summed E-state index contributed by atoms with van der Waals surface area (Å²) in [4.78, 5) is 10.5. The monoisotopic (exact) mass is 661 g/mol. The van der Waals surface area contributed by atoms with Crippen LogP contribution in [0.3, 0.4) is 0 Å². The highest BCUT2D eigenvalue weighted by atomic mass is 32.1. The van der Waals surface area contributed by atoms with Gasteiger partial charge in [-0.3, -0.25) is 4.90 Å². The number of hydrogen-bond donors (Lipinski definition) is 2. The first-order valence-electron chi connectivity index (χ1n) is 18.0. The van der Waals surface area contributed by atoms with Gasteiger partial charge in [-0.15, -0.1) is 0 Å². The zero-order valence-corrected chi connectivity index (χ0v) is 29.7. The van der Waals surface area contributed by atoms with Crippen molar-refractivity contribution >= 4 is 34.7 Å². The molecular weight excluding hydrogens is 607 g/mol. The van der Waals surface area contributed by atoms with Crippen molar-refractivity contribution in [1.82, 2.24) is 24.9 Å². The summed E-state index contributed by atoms with van der Waals surface area (Å²) in [6.45, 7) is 10.8. The van der Waals surface area contributed by atoms with Gasteiger partial charge in [-0.25, -0.2) is 0 Å². The lowest BCUT2D eigenvalue weighted by molar-refractivity contribution is 0.156. The number of phenolic OH excluding ortho intramolecular Hbond substituents is 1. The molecule has 8 heteroatoms. The van der Waals surface area contributed by atoms with Crippen LogP contribution < -0.4 is 5.32 Å². The van der Waals surface area contributed by atoms with E-state index in [0.717, 1.165) is 68.3 Å². The molecule has 3 aliphatic heterocycles. The van der Waals surface area contributed by atoms with Gasteiger partial charge in [-0.05, 0) is 111 Å². The minimum Gasteiger partial charge on any atom is -0.508 e. The predicted octanol–water partition coefficient (Wildman–Crippen LogP) is 6.47. The number of benzene rings is 2. The first kappa shape index (κ1) is 33.5. The Morgan fingerprint density at radius 1 is 0.826 bits per heavy atom. The van der Waals surface area contributed by atoms with E-state index < -0.39 is 0 Å². The third-order valence-electron chi connectivity index (χ3n) is 11.0. The van der Waals surface area contributed by atoms with Gasteiger partial charge >= 0.3 is 0 Å². The van der Waals surface area contributed by atoms with Crippen LogP contribution in [0, 0.1) is 11.8 Å². The van der Waals surface area contributed by atoms with Crippen molar-refractivity contribution in [3.8, 4) is 5.75 Å². The molecule has 3 saturated heterocycles. The zero-order valence-electron chi connectivity index (χ0n) is 28.0. The Kier molecular flexibility index (Phi) is 11.4. The summed E-state index contributed by atoms with van der Waals surface area (Å²) in [7, 11) is 0.